The third kappa shape index (κ3) is 5.26. The van der Waals surface area contributed by atoms with Gasteiger partial charge in [0, 0.05) is 62.2 Å². The molecule has 53 heavy (non-hydrogen) atoms. The number of furan rings is 2. The van der Waals surface area contributed by atoms with Crippen LogP contribution in [0.2, 0.25) is 0 Å². The number of hydrogen-bond donors (Lipinski definition) is 1. The summed E-state index contributed by atoms with van der Waals surface area (Å²) in [6.45, 7) is 8.09. The molecule has 0 aliphatic rings. The number of methoxy groups -OCH3 is 1. The lowest BCUT2D eigenvalue weighted by molar-refractivity contribution is 0.418. The van der Waals surface area contributed by atoms with E-state index in [1.165, 1.54) is 37.4 Å². The van der Waals surface area contributed by atoms with Gasteiger partial charge in [0.25, 0.3) is 0 Å². The van der Waals surface area contributed by atoms with Gasteiger partial charge < -0.3 is 18.7 Å². The molecule has 0 aliphatic carbocycles. The summed E-state index contributed by atoms with van der Waals surface area (Å²) in [6.07, 6.45) is 0. The zero-order valence-corrected chi connectivity index (χ0v) is 31.4. The van der Waals surface area contributed by atoms with Crippen molar-refractivity contribution >= 4 is 112 Å². The van der Waals surface area contributed by atoms with E-state index in [9.17, 15) is 5.11 Å². The van der Waals surface area contributed by atoms with E-state index in [1.807, 2.05) is 38.1 Å². The molecule has 0 saturated carbocycles. The fourth-order valence-electron chi connectivity index (χ4n) is 7.52. The van der Waals surface area contributed by atoms with Crippen LogP contribution in [0, 0.1) is 27.7 Å². The average molecular weight is 725 g/mol. The maximum Gasteiger partial charge on any atom is 0.136 e. The number of rotatable bonds is 3. The number of hydrogen-bond acceptors (Lipinski definition) is 6. The van der Waals surface area contributed by atoms with Crippen LogP contribution >= 0.6 is 22.7 Å². The number of thiophene rings is 2. The predicted molar refractivity (Wildman–Crippen MR) is 227 cm³/mol. The lowest BCUT2D eigenvalue weighted by Gasteiger charge is -2.11. The highest BCUT2D eigenvalue weighted by Crippen LogP contribution is 2.48. The fourth-order valence-corrected chi connectivity index (χ4v) is 9.81. The molecular formula is C45H32B2O4S2. The van der Waals surface area contributed by atoms with Crippen LogP contribution < -0.4 is 15.7 Å². The molecule has 0 atom stereocenters. The minimum absolute atomic E-state index is 0.0209. The number of aryl methyl sites for hydroxylation is 4. The van der Waals surface area contributed by atoms with Crippen LogP contribution in [0.15, 0.2) is 106 Å². The molecule has 10 rings (SSSR count). The summed E-state index contributed by atoms with van der Waals surface area (Å²) in [5.41, 5.74) is 8.37. The molecule has 1 N–H and O–H groups in total. The van der Waals surface area contributed by atoms with Gasteiger partial charge in [-0.1, -0.05) is 71.6 Å². The van der Waals surface area contributed by atoms with E-state index in [4.69, 9.17) is 32.0 Å². The van der Waals surface area contributed by atoms with Crippen LogP contribution in [0.25, 0.3) is 84.5 Å². The van der Waals surface area contributed by atoms with Crippen LogP contribution in [0.4, 0.5) is 0 Å². The summed E-state index contributed by atoms with van der Waals surface area (Å²) in [6, 6.07) is 28.4. The van der Waals surface area contributed by atoms with Gasteiger partial charge in [0.2, 0.25) is 0 Å². The highest BCUT2D eigenvalue weighted by atomic mass is 32.1. The van der Waals surface area contributed by atoms with Crippen molar-refractivity contribution in [2.24, 2.45) is 0 Å². The van der Waals surface area contributed by atoms with Crippen molar-refractivity contribution in [3.8, 4) is 33.8 Å². The molecule has 4 radical (unpaired) electrons. The SMILES string of the molecule is [2H]c1cc(-c2c3c(C)c(C)oc3cc3sc4ccccc4c23)cc([B])c1O.[2H]c1cc(-c2c3c(C)c(C)oc3cc3sc4ccccc4c23)cc([B])c1OC. The number of ether oxygens (including phenoxy) is 1. The van der Waals surface area contributed by atoms with E-state index in [0.717, 1.165) is 76.9 Å². The highest BCUT2D eigenvalue weighted by Gasteiger charge is 2.22. The van der Waals surface area contributed by atoms with E-state index in [2.05, 4.69) is 62.4 Å². The molecule has 254 valence electrons. The number of phenolic OH excluding ortho intramolecular Hbond substituents is 1. The summed E-state index contributed by atoms with van der Waals surface area (Å²) in [7, 11) is 13.8. The number of aromatic hydroxyl groups is 1. The van der Waals surface area contributed by atoms with Crippen molar-refractivity contribution < 1.29 is 21.4 Å². The van der Waals surface area contributed by atoms with Crippen LogP contribution in [0.5, 0.6) is 11.5 Å². The van der Waals surface area contributed by atoms with Gasteiger partial charge in [0.05, 0.1) is 9.85 Å². The summed E-state index contributed by atoms with van der Waals surface area (Å²) < 4.78 is 38.6. The Bertz CT molecular complexity index is 3160. The Morgan fingerprint density at radius 3 is 1.55 bits per heavy atom. The standard InChI is InChI=1S/C23H17BO2S.C22H15BO2S/c1-12-13(2)26-18-11-20-23(15-6-4-5-7-19(15)27-20)22(21(12)18)14-8-9-17(25-3)16(24)10-14;1-11-12(2)25-17-10-19-22(14-5-3-4-6-18(14)26-19)21(20(11)17)13-7-8-16(24)15(23)9-13/h4-11H,1-3H3;3-10,24H,1-2H3/i9D;8D. The Morgan fingerprint density at radius 1 is 0.604 bits per heavy atom. The molecule has 6 aromatic carbocycles. The molecule has 4 nitrogen and oxygen atoms in total. The van der Waals surface area contributed by atoms with E-state index in [1.54, 1.807) is 34.8 Å². The van der Waals surface area contributed by atoms with Gasteiger partial charge in [-0.2, -0.15) is 0 Å². The van der Waals surface area contributed by atoms with Crippen molar-refractivity contribution in [3.63, 3.8) is 0 Å². The molecule has 4 heterocycles. The molecule has 0 saturated heterocycles. The van der Waals surface area contributed by atoms with Gasteiger partial charge in [0.15, 0.2) is 0 Å². The molecule has 0 unspecified atom stereocenters. The highest BCUT2D eigenvalue weighted by molar-refractivity contribution is 7.26. The summed E-state index contributed by atoms with van der Waals surface area (Å²) in [5.74, 6) is 2.01. The van der Waals surface area contributed by atoms with Crippen molar-refractivity contribution in [1.29, 1.82) is 0 Å². The monoisotopic (exact) mass is 724 g/mol. The first-order valence-electron chi connectivity index (χ1n) is 18.2. The minimum Gasteiger partial charge on any atom is -0.509 e. The van der Waals surface area contributed by atoms with Gasteiger partial charge in [-0.15, -0.1) is 22.7 Å². The largest absolute Gasteiger partial charge is 0.509 e. The Hall–Kier alpha value is -5.43. The Labute approximate surface area is 319 Å². The molecule has 4 aromatic heterocycles. The van der Waals surface area contributed by atoms with Gasteiger partial charge in [0.1, 0.15) is 49.9 Å². The van der Waals surface area contributed by atoms with Crippen molar-refractivity contribution in [3.05, 3.63) is 120 Å². The average Bonchev–Trinajstić information content (AvgIpc) is 3.88. The molecule has 0 aliphatic heterocycles. The number of benzene rings is 6. The Balaban J connectivity index is 0.000000144. The van der Waals surface area contributed by atoms with E-state index in [0.29, 0.717) is 11.2 Å². The zero-order chi connectivity index (χ0) is 38.4. The molecule has 8 heteroatoms. The maximum atomic E-state index is 9.97. The summed E-state index contributed by atoms with van der Waals surface area (Å²) in [4.78, 5) is 0. The van der Waals surface area contributed by atoms with Crippen LogP contribution in [-0.2, 0) is 0 Å². The Kier molecular flexibility index (Phi) is 7.41. The minimum atomic E-state index is -0.183. The molecular weight excluding hydrogens is 690 g/mol. The summed E-state index contributed by atoms with van der Waals surface area (Å²) in [5, 5.41) is 16.8. The number of phenols is 1. The first kappa shape index (κ1) is 31.1. The molecule has 10 aromatic rings. The van der Waals surface area contributed by atoms with Crippen LogP contribution in [0.3, 0.4) is 0 Å². The first-order valence-corrected chi connectivity index (χ1v) is 18.8. The molecule has 0 spiro atoms. The van der Waals surface area contributed by atoms with E-state index >= 15 is 0 Å². The Morgan fingerprint density at radius 2 is 1.08 bits per heavy atom. The van der Waals surface area contributed by atoms with Gasteiger partial charge in [-0.3, -0.25) is 0 Å². The predicted octanol–water partition coefficient (Wildman–Crippen LogP) is 11.5. The quantitative estimate of drug-likeness (QED) is 0.184. The van der Waals surface area contributed by atoms with E-state index in [-0.39, 0.29) is 23.3 Å². The molecule has 0 amide bonds. The van der Waals surface area contributed by atoms with Crippen LogP contribution in [-0.4, -0.2) is 27.9 Å². The number of fused-ring (bicyclic) bond motifs is 8. The third-order valence-corrected chi connectivity index (χ3v) is 12.5. The second-order valence-electron chi connectivity index (χ2n) is 13.3. The van der Waals surface area contributed by atoms with Gasteiger partial charge in [-0.25, -0.2) is 0 Å². The summed E-state index contributed by atoms with van der Waals surface area (Å²) >= 11 is 3.48. The maximum absolute atomic E-state index is 9.97. The van der Waals surface area contributed by atoms with Gasteiger partial charge >= 0.3 is 0 Å². The second-order valence-corrected chi connectivity index (χ2v) is 15.5. The zero-order valence-electron chi connectivity index (χ0n) is 31.7. The van der Waals surface area contributed by atoms with Crippen molar-refractivity contribution in [2.45, 2.75) is 27.7 Å². The van der Waals surface area contributed by atoms with Crippen LogP contribution in [0.1, 0.15) is 25.4 Å². The van der Waals surface area contributed by atoms with Crippen molar-refractivity contribution in [2.75, 3.05) is 7.11 Å². The smallest absolute Gasteiger partial charge is 0.136 e. The first-order chi connectivity index (χ1) is 26.4. The van der Waals surface area contributed by atoms with Crippen molar-refractivity contribution in [1.82, 2.24) is 0 Å². The topological polar surface area (TPSA) is 55.7 Å². The molecule has 0 fully saturated rings. The lowest BCUT2D eigenvalue weighted by atomic mass is 9.88. The molecule has 0 bridgehead atoms. The lowest BCUT2D eigenvalue weighted by Crippen LogP contribution is -2.07. The van der Waals surface area contributed by atoms with Gasteiger partial charge in [-0.05, 0) is 86.3 Å². The fraction of sp³-hybridized carbons (Fsp3) is 0.111. The van der Waals surface area contributed by atoms with E-state index < -0.39 is 0 Å². The third-order valence-electron chi connectivity index (χ3n) is 10.3. The normalized spacial score (nSPS) is 12.2. The second kappa shape index (κ2) is 12.6.